The lowest BCUT2D eigenvalue weighted by Gasteiger charge is -2.23. The summed E-state index contributed by atoms with van der Waals surface area (Å²) >= 11 is 0. The van der Waals surface area contributed by atoms with Gasteiger partial charge in [0.25, 0.3) is 11.5 Å². The number of aryl methyl sites for hydroxylation is 1. The number of carbonyl (C=O) groups is 1. The number of rotatable bonds is 3. The number of aromatic nitrogens is 2. The third-order valence-electron chi connectivity index (χ3n) is 6.54. The quantitative estimate of drug-likeness (QED) is 0.477. The average molecular weight is 450 g/mol. The molecule has 1 amide bonds. The van der Waals surface area contributed by atoms with Crippen LogP contribution in [0.2, 0.25) is 0 Å². The van der Waals surface area contributed by atoms with E-state index in [2.05, 4.69) is 4.98 Å². The summed E-state index contributed by atoms with van der Waals surface area (Å²) in [5.74, 6) is 0.922. The predicted octanol–water partition coefficient (Wildman–Crippen LogP) is 3.65. The van der Waals surface area contributed by atoms with Gasteiger partial charge in [0.2, 0.25) is 6.17 Å². The van der Waals surface area contributed by atoms with Crippen molar-refractivity contribution in [1.29, 1.82) is 0 Å². The number of ether oxygens (including phenoxy) is 1. The Morgan fingerprint density at radius 3 is 2.56 bits per heavy atom. The molecule has 0 fully saturated rings. The third kappa shape index (κ3) is 2.97. The molecule has 4 aromatic rings. The number of hydrogen-bond donors (Lipinski definition) is 0. The predicted molar refractivity (Wildman–Crippen MR) is 131 cm³/mol. The number of carbonyl (C=O) groups excluding carboxylic acids is 1. The number of aliphatic imine (C=N–C) groups is 1. The van der Waals surface area contributed by atoms with Gasteiger partial charge in [0.1, 0.15) is 11.6 Å². The molecule has 2 aliphatic heterocycles. The third-order valence-corrected chi connectivity index (χ3v) is 6.54. The highest BCUT2D eigenvalue weighted by atomic mass is 16.5. The fraction of sp³-hybridized carbons (Fsp3) is 0.185. The highest BCUT2D eigenvalue weighted by molar-refractivity contribution is 6.20. The summed E-state index contributed by atoms with van der Waals surface area (Å²) in [4.78, 5) is 38.9. The van der Waals surface area contributed by atoms with Gasteiger partial charge in [-0.1, -0.05) is 42.5 Å². The molecule has 1 aromatic heterocycles. The van der Waals surface area contributed by atoms with Crippen LogP contribution in [0.5, 0.6) is 5.75 Å². The van der Waals surface area contributed by atoms with E-state index in [1.165, 1.54) is 4.57 Å². The molecule has 2 aliphatic rings. The first-order chi connectivity index (χ1) is 16.6. The minimum atomic E-state index is -1.07. The molecule has 0 unspecified atom stereocenters. The molecule has 168 valence electrons. The summed E-state index contributed by atoms with van der Waals surface area (Å²) in [5, 5.41) is 0.461. The molecule has 3 aromatic carbocycles. The molecule has 0 N–H and O–H groups in total. The summed E-state index contributed by atoms with van der Waals surface area (Å²) in [5.41, 5.74) is 4.55. The van der Waals surface area contributed by atoms with E-state index in [1.807, 2.05) is 48.5 Å². The molecule has 0 saturated heterocycles. The lowest BCUT2D eigenvalue weighted by atomic mass is 9.97. The molecular formula is C27H22N4O3. The summed E-state index contributed by atoms with van der Waals surface area (Å²) < 4.78 is 6.99. The first-order valence-electron chi connectivity index (χ1n) is 11.2. The van der Waals surface area contributed by atoms with Crippen LogP contribution >= 0.6 is 0 Å². The molecular weight excluding hydrogens is 428 g/mol. The SMILES string of the molecule is COc1cc2c3c(c1)C(c1ccccc1)=N[C@@H](n1c(C)nc4ccccc4c1=O)C(=O)N3CC2. The zero-order chi connectivity index (χ0) is 23.4. The molecule has 7 heteroatoms. The fourth-order valence-electron chi connectivity index (χ4n) is 4.96. The maximum absolute atomic E-state index is 13.9. The van der Waals surface area contributed by atoms with Crippen LogP contribution in [0.3, 0.4) is 0 Å². The van der Waals surface area contributed by atoms with E-state index in [0.717, 1.165) is 22.4 Å². The summed E-state index contributed by atoms with van der Waals surface area (Å²) in [7, 11) is 1.63. The maximum atomic E-state index is 13.9. The Morgan fingerprint density at radius 1 is 1.00 bits per heavy atom. The van der Waals surface area contributed by atoms with Crippen LogP contribution < -0.4 is 15.2 Å². The smallest absolute Gasteiger partial charge is 0.272 e. The Hall–Kier alpha value is -4.26. The minimum absolute atomic E-state index is 0.238. The van der Waals surface area contributed by atoms with Gasteiger partial charge in [0, 0.05) is 17.7 Å². The van der Waals surface area contributed by atoms with Crippen LogP contribution in [-0.2, 0) is 11.2 Å². The summed E-state index contributed by atoms with van der Waals surface area (Å²) in [6.07, 6.45) is -0.353. The van der Waals surface area contributed by atoms with E-state index in [1.54, 1.807) is 37.1 Å². The number of hydrogen-bond acceptors (Lipinski definition) is 5. The van der Waals surface area contributed by atoms with Crippen LogP contribution in [0.25, 0.3) is 10.9 Å². The maximum Gasteiger partial charge on any atom is 0.272 e. The van der Waals surface area contributed by atoms with Gasteiger partial charge in [-0.2, -0.15) is 0 Å². The topological polar surface area (TPSA) is 76.8 Å². The molecule has 0 saturated carbocycles. The van der Waals surface area contributed by atoms with Crippen molar-refractivity contribution in [3.05, 3.63) is 99.6 Å². The van der Waals surface area contributed by atoms with Crippen molar-refractivity contribution in [2.45, 2.75) is 19.5 Å². The molecule has 0 aliphatic carbocycles. The van der Waals surface area contributed by atoms with Gasteiger partial charge in [-0.05, 0) is 43.2 Å². The Balaban J connectivity index is 1.67. The lowest BCUT2D eigenvalue weighted by Crippen LogP contribution is -2.39. The number of fused-ring (bicyclic) bond motifs is 1. The summed E-state index contributed by atoms with van der Waals surface area (Å²) in [6, 6.07) is 20.8. The van der Waals surface area contributed by atoms with Gasteiger partial charge in [0.05, 0.1) is 29.4 Å². The Kier molecular flexibility index (Phi) is 4.58. The number of para-hydroxylation sites is 1. The van der Waals surface area contributed by atoms with Crippen LogP contribution in [0, 0.1) is 6.92 Å². The molecule has 7 nitrogen and oxygen atoms in total. The molecule has 34 heavy (non-hydrogen) atoms. The van der Waals surface area contributed by atoms with E-state index < -0.39 is 6.17 Å². The molecule has 0 spiro atoms. The highest BCUT2D eigenvalue weighted by Gasteiger charge is 2.38. The summed E-state index contributed by atoms with van der Waals surface area (Å²) in [6.45, 7) is 2.27. The van der Waals surface area contributed by atoms with Crippen molar-refractivity contribution in [3.63, 3.8) is 0 Å². The Morgan fingerprint density at radius 2 is 1.76 bits per heavy atom. The van der Waals surface area contributed by atoms with Crippen molar-refractivity contribution in [3.8, 4) is 5.75 Å². The second-order valence-electron chi connectivity index (χ2n) is 8.49. The largest absolute Gasteiger partial charge is 0.497 e. The van der Waals surface area contributed by atoms with Gasteiger partial charge in [0.15, 0.2) is 0 Å². The molecule has 1 atom stereocenters. The molecule has 0 radical (unpaired) electrons. The number of anilines is 1. The fourth-order valence-corrected chi connectivity index (χ4v) is 4.96. The van der Waals surface area contributed by atoms with Gasteiger partial charge >= 0.3 is 0 Å². The van der Waals surface area contributed by atoms with E-state index in [4.69, 9.17) is 9.73 Å². The zero-order valence-corrected chi connectivity index (χ0v) is 18.9. The van der Waals surface area contributed by atoms with Crippen molar-refractivity contribution in [2.24, 2.45) is 4.99 Å². The van der Waals surface area contributed by atoms with Gasteiger partial charge in [-0.3, -0.25) is 14.2 Å². The van der Waals surface area contributed by atoms with Crippen molar-refractivity contribution >= 4 is 28.2 Å². The van der Waals surface area contributed by atoms with Crippen LogP contribution in [0.1, 0.15) is 28.7 Å². The zero-order valence-electron chi connectivity index (χ0n) is 18.9. The number of nitrogens with zero attached hydrogens (tertiary/aromatic N) is 4. The van der Waals surface area contributed by atoms with Crippen LogP contribution in [-0.4, -0.2) is 34.8 Å². The Labute approximate surface area is 196 Å². The van der Waals surface area contributed by atoms with Crippen molar-refractivity contribution < 1.29 is 9.53 Å². The monoisotopic (exact) mass is 450 g/mol. The first kappa shape index (κ1) is 20.4. The highest BCUT2D eigenvalue weighted by Crippen LogP contribution is 2.40. The number of methoxy groups -OCH3 is 1. The lowest BCUT2D eigenvalue weighted by molar-refractivity contribution is -0.121. The molecule has 3 heterocycles. The second kappa shape index (κ2) is 7.66. The van der Waals surface area contributed by atoms with Gasteiger partial charge in [-0.25, -0.2) is 9.98 Å². The minimum Gasteiger partial charge on any atom is -0.497 e. The van der Waals surface area contributed by atoms with E-state index in [9.17, 15) is 9.59 Å². The Bertz CT molecular complexity index is 1560. The number of amides is 1. The van der Waals surface area contributed by atoms with Crippen LogP contribution in [0.4, 0.5) is 5.69 Å². The van der Waals surface area contributed by atoms with E-state index in [-0.39, 0.29) is 11.5 Å². The average Bonchev–Trinajstić information content (AvgIpc) is 3.25. The second-order valence-corrected chi connectivity index (χ2v) is 8.49. The van der Waals surface area contributed by atoms with Crippen molar-refractivity contribution in [1.82, 2.24) is 9.55 Å². The molecule has 6 rings (SSSR count). The van der Waals surface area contributed by atoms with Gasteiger partial charge in [-0.15, -0.1) is 0 Å². The van der Waals surface area contributed by atoms with Crippen molar-refractivity contribution in [2.75, 3.05) is 18.6 Å². The van der Waals surface area contributed by atoms with Gasteiger partial charge < -0.3 is 9.64 Å². The molecule has 0 bridgehead atoms. The normalized spacial score (nSPS) is 16.9. The van der Waals surface area contributed by atoms with Crippen LogP contribution in [0.15, 0.2) is 76.5 Å². The van der Waals surface area contributed by atoms with E-state index >= 15 is 0 Å². The standard InChI is InChI=1S/C27H22N4O3/c1-16-28-22-11-7-6-10-20(22)26(32)31(16)25-27(33)30-13-12-18-14-19(34-2)15-21(24(18)30)23(29-25)17-8-4-3-5-9-17/h3-11,14-15,25H,12-13H2,1-2H3/t25-/m0/s1. The first-order valence-corrected chi connectivity index (χ1v) is 11.2. The number of benzene rings is 3. The van der Waals surface area contributed by atoms with E-state index in [0.29, 0.717) is 41.2 Å².